The molecule has 0 atom stereocenters. The molecule has 0 saturated heterocycles. The molecule has 33 heavy (non-hydrogen) atoms. The lowest BCUT2D eigenvalue weighted by Gasteiger charge is -2.57. The van der Waals surface area contributed by atoms with Crippen molar-refractivity contribution in [2.24, 2.45) is 24.8 Å². The molecular weight excluding hydrogens is 404 g/mol. The summed E-state index contributed by atoms with van der Waals surface area (Å²) in [6.07, 6.45) is 10.2. The van der Waals surface area contributed by atoms with E-state index in [9.17, 15) is 0 Å². The first-order valence-electron chi connectivity index (χ1n) is 12.4. The van der Waals surface area contributed by atoms with Gasteiger partial charge in [0.15, 0.2) is 11.9 Å². The van der Waals surface area contributed by atoms with Crippen molar-refractivity contribution >= 4 is 27.6 Å². The number of aryl methyl sites for hydroxylation is 2. The van der Waals surface area contributed by atoms with Crippen LogP contribution in [0.5, 0.6) is 0 Å². The first-order chi connectivity index (χ1) is 16.1. The van der Waals surface area contributed by atoms with Gasteiger partial charge in [-0.15, -0.1) is 0 Å². The van der Waals surface area contributed by atoms with Crippen LogP contribution in [-0.4, -0.2) is 0 Å². The summed E-state index contributed by atoms with van der Waals surface area (Å²) in [7, 11) is 2.09. The topological polar surface area (TPSA) is 21.4 Å². The molecule has 8 rings (SSSR count). The smallest absolute Gasteiger partial charge is 0.216 e. The van der Waals surface area contributed by atoms with E-state index in [4.69, 9.17) is 11.0 Å². The molecule has 0 aliphatic heterocycles. The quantitative estimate of drug-likeness (QED) is 0.238. The molecule has 4 bridgehead atoms. The zero-order valence-electron chi connectivity index (χ0n) is 19.4. The number of nitrogens with zero attached hydrogens (tertiary/aromatic N) is 2. The van der Waals surface area contributed by atoms with E-state index in [0.29, 0.717) is 5.69 Å². The Balaban J connectivity index is 1.55. The third-order valence-corrected chi connectivity index (χ3v) is 9.02. The number of hydrogen-bond donors (Lipinski definition) is 0. The van der Waals surface area contributed by atoms with Crippen molar-refractivity contribution < 1.29 is 8.98 Å². The minimum atomic E-state index is 0.230. The second-order valence-corrected chi connectivity index (χ2v) is 11.1. The molecule has 2 aromatic carbocycles. The summed E-state index contributed by atoms with van der Waals surface area (Å²) in [5.74, 6) is 2.62. The molecule has 0 amide bonds. The highest BCUT2D eigenvalue weighted by atomic mass is 16.3. The Kier molecular flexibility index (Phi) is 3.93. The Morgan fingerprint density at radius 2 is 1.67 bits per heavy atom. The van der Waals surface area contributed by atoms with Crippen LogP contribution in [0.25, 0.3) is 38.0 Å². The fraction of sp³-hybridized carbons (Fsp3) is 0.400. The molecule has 2 aromatic heterocycles. The van der Waals surface area contributed by atoms with E-state index in [1.54, 1.807) is 0 Å². The van der Waals surface area contributed by atoms with Gasteiger partial charge >= 0.3 is 0 Å². The van der Waals surface area contributed by atoms with Crippen molar-refractivity contribution in [1.29, 1.82) is 0 Å². The maximum absolute atomic E-state index is 7.90. The molecule has 0 unspecified atom stereocenters. The standard InChI is InChI=1S/C30H29N2O/c1-18-7-8-22-27-24(31-2)10-9-23(30-15-19-12-20(16-30)14-21(13-19)17-30)29(27)33-28(22)26(18)25-6-4-5-11-32(25)3/h4-11,19-21H,12-17H2,1,3H3/q+1. The monoisotopic (exact) mass is 433 g/mol. The molecule has 4 aromatic rings. The lowest BCUT2D eigenvalue weighted by atomic mass is 9.48. The summed E-state index contributed by atoms with van der Waals surface area (Å²) in [6, 6.07) is 15.0. The zero-order chi connectivity index (χ0) is 22.3. The van der Waals surface area contributed by atoms with E-state index < -0.39 is 0 Å². The summed E-state index contributed by atoms with van der Waals surface area (Å²) >= 11 is 0. The summed E-state index contributed by atoms with van der Waals surface area (Å²) in [5, 5.41) is 2.10. The maximum atomic E-state index is 7.90. The predicted octanol–water partition coefficient (Wildman–Crippen LogP) is 7.40. The molecule has 4 fully saturated rings. The maximum Gasteiger partial charge on any atom is 0.216 e. The largest absolute Gasteiger partial charge is 0.456 e. The van der Waals surface area contributed by atoms with Gasteiger partial charge in [0.2, 0.25) is 5.69 Å². The van der Waals surface area contributed by atoms with Crippen LogP contribution >= 0.6 is 0 Å². The van der Waals surface area contributed by atoms with Gasteiger partial charge in [-0.1, -0.05) is 24.3 Å². The van der Waals surface area contributed by atoms with Crippen molar-refractivity contribution in [2.45, 2.75) is 50.9 Å². The molecule has 2 heterocycles. The van der Waals surface area contributed by atoms with Crippen molar-refractivity contribution in [3.05, 3.63) is 71.2 Å². The second-order valence-electron chi connectivity index (χ2n) is 11.1. The van der Waals surface area contributed by atoms with E-state index in [1.165, 1.54) is 49.7 Å². The van der Waals surface area contributed by atoms with Crippen LogP contribution in [0.2, 0.25) is 0 Å². The van der Waals surface area contributed by atoms with Gasteiger partial charge in [-0.05, 0) is 85.8 Å². The van der Waals surface area contributed by atoms with E-state index in [1.807, 2.05) is 0 Å². The number of rotatable bonds is 2. The summed E-state index contributed by atoms with van der Waals surface area (Å²) in [5.41, 5.74) is 7.70. The Morgan fingerprint density at radius 3 is 2.33 bits per heavy atom. The number of hydrogen-bond acceptors (Lipinski definition) is 1. The zero-order valence-corrected chi connectivity index (χ0v) is 19.4. The Hall–Kier alpha value is -3.12. The second kappa shape index (κ2) is 6.70. The van der Waals surface area contributed by atoms with Crippen LogP contribution < -0.4 is 4.57 Å². The molecule has 164 valence electrons. The number of benzene rings is 2. The fourth-order valence-corrected chi connectivity index (χ4v) is 8.08. The van der Waals surface area contributed by atoms with Crippen LogP contribution in [0.1, 0.15) is 49.7 Å². The Morgan fingerprint density at radius 1 is 0.939 bits per heavy atom. The average Bonchev–Trinajstić information content (AvgIpc) is 3.18. The number of pyridine rings is 1. The number of fused-ring (bicyclic) bond motifs is 3. The minimum Gasteiger partial charge on any atom is -0.456 e. The molecule has 4 aliphatic rings. The normalized spacial score (nSPS) is 28.0. The van der Waals surface area contributed by atoms with Gasteiger partial charge in [-0.2, -0.15) is 0 Å². The van der Waals surface area contributed by atoms with Crippen LogP contribution in [0.3, 0.4) is 0 Å². The van der Waals surface area contributed by atoms with Crippen molar-refractivity contribution in [3.63, 3.8) is 0 Å². The molecular formula is C30H29N2O+. The van der Waals surface area contributed by atoms with Crippen LogP contribution in [0.15, 0.2) is 53.1 Å². The van der Waals surface area contributed by atoms with Gasteiger partial charge in [-0.25, -0.2) is 9.41 Å². The van der Waals surface area contributed by atoms with Crippen molar-refractivity contribution in [1.82, 2.24) is 0 Å². The molecule has 4 saturated carbocycles. The third-order valence-electron chi connectivity index (χ3n) is 9.02. The van der Waals surface area contributed by atoms with E-state index in [0.717, 1.165) is 50.9 Å². The van der Waals surface area contributed by atoms with Crippen LogP contribution in [-0.2, 0) is 12.5 Å². The highest BCUT2D eigenvalue weighted by Crippen LogP contribution is 2.62. The van der Waals surface area contributed by atoms with Gasteiger partial charge in [0.1, 0.15) is 18.2 Å². The first kappa shape index (κ1) is 19.4. The lowest BCUT2D eigenvalue weighted by Crippen LogP contribution is -2.48. The van der Waals surface area contributed by atoms with E-state index >= 15 is 0 Å². The summed E-state index contributed by atoms with van der Waals surface area (Å²) in [6.45, 7) is 10.1. The SMILES string of the molecule is [C-]#[N+]c1ccc(C23CC4CC(CC(C4)C2)C3)c2oc3c(-c4cccc[n+]4C)c(C)ccc3c12. The van der Waals surface area contributed by atoms with Gasteiger partial charge in [0, 0.05) is 22.9 Å². The molecule has 0 N–H and O–H groups in total. The third kappa shape index (κ3) is 2.64. The molecule has 3 heteroatoms. The van der Waals surface area contributed by atoms with E-state index in [-0.39, 0.29) is 5.41 Å². The summed E-state index contributed by atoms with van der Waals surface area (Å²) < 4.78 is 9.04. The molecule has 0 spiro atoms. The Bertz CT molecular complexity index is 1450. The predicted molar refractivity (Wildman–Crippen MR) is 131 cm³/mol. The van der Waals surface area contributed by atoms with Gasteiger partial charge in [0.05, 0.1) is 12.1 Å². The average molecular weight is 434 g/mol. The highest BCUT2D eigenvalue weighted by molar-refractivity contribution is 6.16. The molecule has 0 radical (unpaired) electrons. The van der Waals surface area contributed by atoms with Crippen LogP contribution in [0.4, 0.5) is 5.69 Å². The van der Waals surface area contributed by atoms with Crippen LogP contribution in [0, 0.1) is 31.2 Å². The van der Waals surface area contributed by atoms with Gasteiger partial charge < -0.3 is 4.42 Å². The first-order valence-corrected chi connectivity index (χ1v) is 12.4. The molecule has 3 nitrogen and oxygen atoms in total. The lowest BCUT2D eigenvalue weighted by molar-refractivity contribution is -0.660. The highest BCUT2D eigenvalue weighted by Gasteiger charge is 2.52. The van der Waals surface area contributed by atoms with Gasteiger partial charge in [0.25, 0.3) is 0 Å². The Labute approximate surface area is 194 Å². The summed E-state index contributed by atoms with van der Waals surface area (Å²) in [4.78, 5) is 3.94. The molecule has 4 aliphatic carbocycles. The van der Waals surface area contributed by atoms with E-state index in [2.05, 4.69) is 72.0 Å². The minimum absolute atomic E-state index is 0.230. The van der Waals surface area contributed by atoms with Crippen molar-refractivity contribution in [3.8, 4) is 11.3 Å². The number of aromatic nitrogens is 1. The number of furan rings is 1. The van der Waals surface area contributed by atoms with Crippen molar-refractivity contribution in [2.75, 3.05) is 0 Å². The van der Waals surface area contributed by atoms with Gasteiger partial charge in [-0.3, -0.25) is 0 Å². The fourth-order valence-electron chi connectivity index (χ4n) is 8.08.